The Bertz CT molecular complexity index is 572. The van der Waals surface area contributed by atoms with Crippen LogP contribution in [-0.2, 0) is 16.0 Å². The molecule has 0 unspecified atom stereocenters. The fourth-order valence-corrected chi connectivity index (χ4v) is 2.01. The average Bonchev–Trinajstić information content (AvgIpc) is 2.63. The molecule has 0 fully saturated rings. The molecule has 0 atom stereocenters. The van der Waals surface area contributed by atoms with Crippen LogP contribution in [0.3, 0.4) is 0 Å². The van der Waals surface area contributed by atoms with Crippen LogP contribution in [0.5, 0.6) is 5.75 Å². The van der Waals surface area contributed by atoms with Gasteiger partial charge in [-0.25, -0.2) is 0 Å². The first-order valence-corrected chi connectivity index (χ1v) is 6.07. The maximum atomic E-state index is 11.7. The van der Waals surface area contributed by atoms with Crippen LogP contribution in [-0.4, -0.2) is 22.7 Å². The second-order valence-corrected chi connectivity index (χ2v) is 4.36. The molecular formula is C14H17NO3. The third-order valence-corrected chi connectivity index (χ3v) is 2.89. The zero-order chi connectivity index (χ0) is 13.1. The van der Waals surface area contributed by atoms with Gasteiger partial charge < -0.3 is 14.8 Å². The lowest BCUT2D eigenvalue weighted by molar-refractivity contribution is -0.142. The van der Waals surface area contributed by atoms with E-state index in [9.17, 15) is 9.90 Å². The number of hydrogen-bond acceptors (Lipinski definition) is 3. The minimum Gasteiger partial charge on any atom is -0.508 e. The van der Waals surface area contributed by atoms with Crippen LogP contribution in [0.2, 0.25) is 0 Å². The lowest BCUT2D eigenvalue weighted by Gasteiger charge is -2.03. The van der Waals surface area contributed by atoms with Crippen LogP contribution in [0.25, 0.3) is 10.9 Å². The van der Waals surface area contributed by atoms with Gasteiger partial charge in [0.1, 0.15) is 5.75 Å². The van der Waals surface area contributed by atoms with Crippen molar-refractivity contribution in [3.05, 3.63) is 29.5 Å². The molecule has 96 valence electrons. The summed E-state index contributed by atoms with van der Waals surface area (Å²) in [5.74, 6) is -0.0335. The lowest BCUT2D eigenvalue weighted by atomic mass is 10.1. The standard InChI is InChI=1S/C14H17NO3/c1-3-6-18-14(17)8-11-9(2)15-13-5-4-10(16)7-12(11)13/h4-5,7,15-16H,3,6,8H2,1-2H3. The molecule has 2 rings (SSSR count). The molecule has 0 radical (unpaired) electrons. The van der Waals surface area contributed by atoms with Gasteiger partial charge in [0, 0.05) is 16.6 Å². The van der Waals surface area contributed by atoms with Gasteiger partial charge in [-0.2, -0.15) is 0 Å². The van der Waals surface area contributed by atoms with E-state index in [4.69, 9.17) is 4.74 Å². The van der Waals surface area contributed by atoms with Crippen molar-refractivity contribution in [3.63, 3.8) is 0 Å². The molecule has 0 spiro atoms. The van der Waals surface area contributed by atoms with E-state index in [1.165, 1.54) is 0 Å². The van der Waals surface area contributed by atoms with Crippen LogP contribution in [0.4, 0.5) is 0 Å². The average molecular weight is 247 g/mol. The number of phenols is 1. The predicted octanol–water partition coefficient (Wildman–Crippen LogP) is 2.68. The number of H-pyrrole nitrogens is 1. The van der Waals surface area contributed by atoms with E-state index in [2.05, 4.69) is 4.98 Å². The highest BCUT2D eigenvalue weighted by molar-refractivity contribution is 5.89. The highest BCUT2D eigenvalue weighted by Gasteiger charge is 2.13. The first-order valence-electron chi connectivity index (χ1n) is 6.07. The zero-order valence-corrected chi connectivity index (χ0v) is 10.6. The highest BCUT2D eigenvalue weighted by atomic mass is 16.5. The van der Waals surface area contributed by atoms with E-state index in [0.717, 1.165) is 28.6 Å². The fraction of sp³-hybridized carbons (Fsp3) is 0.357. The van der Waals surface area contributed by atoms with E-state index in [1.54, 1.807) is 18.2 Å². The number of nitrogens with one attached hydrogen (secondary N) is 1. The molecule has 0 amide bonds. The topological polar surface area (TPSA) is 62.3 Å². The normalized spacial score (nSPS) is 10.8. The molecule has 0 aliphatic carbocycles. The Morgan fingerprint density at radius 1 is 1.44 bits per heavy atom. The predicted molar refractivity (Wildman–Crippen MR) is 69.7 cm³/mol. The Morgan fingerprint density at radius 3 is 2.94 bits per heavy atom. The van der Waals surface area contributed by atoms with Crippen LogP contribution in [0.1, 0.15) is 24.6 Å². The van der Waals surface area contributed by atoms with Gasteiger partial charge in [0.05, 0.1) is 13.0 Å². The summed E-state index contributed by atoms with van der Waals surface area (Å²) in [6.45, 7) is 4.33. The number of carbonyl (C=O) groups is 1. The molecule has 0 aliphatic rings. The monoisotopic (exact) mass is 247 g/mol. The fourth-order valence-electron chi connectivity index (χ4n) is 2.01. The molecule has 0 aliphatic heterocycles. The zero-order valence-electron chi connectivity index (χ0n) is 10.6. The van der Waals surface area contributed by atoms with Crippen molar-refractivity contribution in [2.24, 2.45) is 0 Å². The van der Waals surface area contributed by atoms with Crippen molar-refractivity contribution in [2.75, 3.05) is 6.61 Å². The summed E-state index contributed by atoms with van der Waals surface area (Å²) in [4.78, 5) is 14.8. The Hall–Kier alpha value is -1.97. The number of carbonyl (C=O) groups excluding carboxylic acids is 1. The maximum Gasteiger partial charge on any atom is 0.310 e. The first kappa shape index (κ1) is 12.5. The molecule has 1 aromatic heterocycles. The molecule has 0 saturated heterocycles. The summed E-state index contributed by atoms with van der Waals surface area (Å²) in [5, 5.41) is 10.4. The number of rotatable bonds is 4. The van der Waals surface area contributed by atoms with Gasteiger partial charge in [-0.3, -0.25) is 4.79 Å². The number of aromatic nitrogens is 1. The second-order valence-electron chi connectivity index (χ2n) is 4.36. The van der Waals surface area contributed by atoms with Crippen molar-refractivity contribution >= 4 is 16.9 Å². The van der Waals surface area contributed by atoms with Gasteiger partial charge in [-0.05, 0) is 37.1 Å². The largest absolute Gasteiger partial charge is 0.508 e. The van der Waals surface area contributed by atoms with E-state index in [1.807, 2.05) is 13.8 Å². The summed E-state index contributed by atoms with van der Waals surface area (Å²) < 4.78 is 5.08. The number of fused-ring (bicyclic) bond motifs is 1. The molecule has 1 aromatic carbocycles. The molecule has 2 aromatic rings. The Morgan fingerprint density at radius 2 is 2.22 bits per heavy atom. The van der Waals surface area contributed by atoms with Crippen LogP contribution in [0, 0.1) is 6.92 Å². The number of aromatic hydroxyl groups is 1. The number of esters is 1. The lowest BCUT2D eigenvalue weighted by Crippen LogP contribution is -2.09. The Kier molecular flexibility index (Phi) is 3.55. The summed E-state index contributed by atoms with van der Waals surface area (Å²) in [6.07, 6.45) is 1.05. The minimum atomic E-state index is -0.232. The first-order chi connectivity index (χ1) is 8.61. The van der Waals surface area contributed by atoms with E-state index >= 15 is 0 Å². The van der Waals surface area contributed by atoms with Crippen molar-refractivity contribution in [1.82, 2.24) is 4.98 Å². The van der Waals surface area contributed by atoms with Crippen LogP contribution >= 0.6 is 0 Å². The molecule has 4 heteroatoms. The number of benzene rings is 1. The van der Waals surface area contributed by atoms with Gasteiger partial charge in [0.15, 0.2) is 0 Å². The summed E-state index contributed by atoms with van der Waals surface area (Å²) in [6, 6.07) is 5.09. The minimum absolute atomic E-state index is 0.199. The molecule has 0 bridgehead atoms. The number of ether oxygens (including phenoxy) is 1. The van der Waals surface area contributed by atoms with E-state index in [-0.39, 0.29) is 18.1 Å². The molecular weight excluding hydrogens is 230 g/mol. The van der Waals surface area contributed by atoms with Gasteiger partial charge in [0.25, 0.3) is 0 Å². The van der Waals surface area contributed by atoms with E-state index in [0.29, 0.717) is 6.61 Å². The molecule has 0 saturated carbocycles. The SMILES string of the molecule is CCCOC(=O)Cc1c(C)[nH]c2ccc(O)cc12. The number of aryl methyl sites for hydroxylation is 1. The Labute approximate surface area is 106 Å². The van der Waals surface area contributed by atoms with Gasteiger partial charge in [-0.1, -0.05) is 6.92 Å². The van der Waals surface area contributed by atoms with E-state index < -0.39 is 0 Å². The molecule has 4 nitrogen and oxygen atoms in total. The number of phenolic OH excluding ortho intramolecular Hbond substituents is 1. The molecule has 18 heavy (non-hydrogen) atoms. The van der Waals surface area contributed by atoms with Crippen LogP contribution < -0.4 is 0 Å². The quantitative estimate of drug-likeness (QED) is 0.816. The third-order valence-electron chi connectivity index (χ3n) is 2.89. The number of hydrogen-bond donors (Lipinski definition) is 2. The van der Waals surface area contributed by atoms with Crippen molar-refractivity contribution in [2.45, 2.75) is 26.7 Å². The molecule has 1 heterocycles. The van der Waals surface area contributed by atoms with Gasteiger partial charge in [-0.15, -0.1) is 0 Å². The maximum absolute atomic E-state index is 11.7. The van der Waals surface area contributed by atoms with Crippen molar-refractivity contribution in [1.29, 1.82) is 0 Å². The smallest absolute Gasteiger partial charge is 0.310 e. The third kappa shape index (κ3) is 2.47. The summed E-state index contributed by atoms with van der Waals surface area (Å²) in [7, 11) is 0. The van der Waals surface area contributed by atoms with Crippen molar-refractivity contribution < 1.29 is 14.6 Å². The summed E-state index contributed by atoms with van der Waals surface area (Å²) >= 11 is 0. The summed E-state index contributed by atoms with van der Waals surface area (Å²) in [5.41, 5.74) is 2.75. The van der Waals surface area contributed by atoms with Gasteiger partial charge >= 0.3 is 5.97 Å². The van der Waals surface area contributed by atoms with Crippen molar-refractivity contribution in [3.8, 4) is 5.75 Å². The second kappa shape index (κ2) is 5.12. The van der Waals surface area contributed by atoms with Crippen LogP contribution in [0.15, 0.2) is 18.2 Å². The van der Waals surface area contributed by atoms with Gasteiger partial charge in [0.2, 0.25) is 0 Å². The Balaban J connectivity index is 2.29. The number of aromatic amines is 1. The highest BCUT2D eigenvalue weighted by Crippen LogP contribution is 2.26. The molecule has 2 N–H and O–H groups in total.